The number of tetrazole rings is 1. The molecule has 0 aliphatic rings. The number of phenols is 1. The summed E-state index contributed by atoms with van der Waals surface area (Å²) < 4.78 is 16.8. The molecule has 1 unspecified atom stereocenters. The van der Waals surface area contributed by atoms with Crippen LogP contribution in [0.5, 0.6) is 5.75 Å². The molecule has 0 radical (unpaired) electrons. The van der Waals surface area contributed by atoms with E-state index in [0.29, 0.717) is 28.9 Å². The number of nitrogens with zero attached hydrogens (tertiary/aromatic N) is 4. The maximum Gasteiger partial charge on any atom is 0.276 e. The van der Waals surface area contributed by atoms with Gasteiger partial charge >= 0.3 is 0 Å². The van der Waals surface area contributed by atoms with Gasteiger partial charge in [0.1, 0.15) is 5.75 Å². The first-order valence-electron chi connectivity index (χ1n) is 13.9. The third kappa shape index (κ3) is 7.17. The SMILES string of the molecule is CCCCCCCCCCCCn1nnc(C(F)(C(=O)Nc2cc(C)c(O)c(C)c2C)c2ccccc2)n1. The minimum Gasteiger partial charge on any atom is -0.507 e. The fourth-order valence-corrected chi connectivity index (χ4v) is 4.65. The molecule has 206 valence electrons. The predicted molar refractivity (Wildman–Crippen MR) is 149 cm³/mol. The van der Waals surface area contributed by atoms with Crippen molar-refractivity contribution in [2.24, 2.45) is 0 Å². The molecular formula is C30H42FN5O2. The maximum atomic E-state index is 16.8. The van der Waals surface area contributed by atoms with Crippen LogP contribution in [0.4, 0.5) is 10.1 Å². The van der Waals surface area contributed by atoms with E-state index in [-0.39, 0.29) is 17.1 Å². The number of carbonyl (C=O) groups excluding carboxylic acids is 1. The Balaban J connectivity index is 1.67. The lowest BCUT2D eigenvalue weighted by Gasteiger charge is -2.23. The van der Waals surface area contributed by atoms with E-state index < -0.39 is 11.6 Å². The molecule has 3 aromatic rings. The molecule has 3 rings (SSSR count). The van der Waals surface area contributed by atoms with E-state index in [1.54, 1.807) is 57.2 Å². The van der Waals surface area contributed by atoms with E-state index in [0.717, 1.165) is 19.3 Å². The van der Waals surface area contributed by atoms with Gasteiger partial charge in [-0.2, -0.15) is 4.80 Å². The van der Waals surface area contributed by atoms with Crippen LogP contribution < -0.4 is 5.32 Å². The molecule has 0 saturated heterocycles. The summed E-state index contributed by atoms with van der Waals surface area (Å²) in [5.41, 5.74) is -0.198. The summed E-state index contributed by atoms with van der Waals surface area (Å²) in [6.45, 7) is 8.02. The van der Waals surface area contributed by atoms with E-state index in [4.69, 9.17) is 0 Å². The summed E-state index contributed by atoms with van der Waals surface area (Å²) in [7, 11) is 0. The smallest absolute Gasteiger partial charge is 0.276 e. The number of aryl methyl sites for hydroxylation is 2. The molecular weight excluding hydrogens is 481 g/mol. The van der Waals surface area contributed by atoms with E-state index in [9.17, 15) is 9.90 Å². The third-order valence-electron chi connectivity index (χ3n) is 7.26. The average Bonchev–Trinajstić information content (AvgIpc) is 3.41. The van der Waals surface area contributed by atoms with Crippen LogP contribution in [0.1, 0.15) is 99.2 Å². The van der Waals surface area contributed by atoms with Crippen molar-refractivity contribution in [1.82, 2.24) is 20.2 Å². The van der Waals surface area contributed by atoms with Gasteiger partial charge in [0.25, 0.3) is 11.6 Å². The molecule has 8 heteroatoms. The Hall–Kier alpha value is -3.29. The highest BCUT2D eigenvalue weighted by Crippen LogP contribution is 2.35. The van der Waals surface area contributed by atoms with Gasteiger partial charge in [0.05, 0.1) is 6.54 Å². The molecule has 0 fully saturated rings. The maximum absolute atomic E-state index is 16.8. The molecule has 0 spiro atoms. The highest BCUT2D eigenvalue weighted by atomic mass is 19.1. The summed E-state index contributed by atoms with van der Waals surface area (Å²) in [6, 6.07) is 9.83. The number of hydrogen-bond donors (Lipinski definition) is 2. The van der Waals surface area contributed by atoms with Crippen molar-refractivity contribution in [3.05, 3.63) is 64.5 Å². The average molecular weight is 524 g/mol. The van der Waals surface area contributed by atoms with Crippen molar-refractivity contribution < 1.29 is 14.3 Å². The molecule has 1 heterocycles. The first-order chi connectivity index (χ1) is 18.3. The Bertz CT molecular complexity index is 1180. The molecule has 1 aromatic heterocycles. The zero-order valence-corrected chi connectivity index (χ0v) is 23.3. The summed E-state index contributed by atoms with van der Waals surface area (Å²) in [5, 5.41) is 25.2. The molecule has 2 N–H and O–H groups in total. The second-order valence-electron chi connectivity index (χ2n) is 10.2. The van der Waals surface area contributed by atoms with Crippen molar-refractivity contribution in [2.45, 2.75) is 104 Å². The highest BCUT2D eigenvalue weighted by Gasteiger charge is 2.47. The molecule has 0 aliphatic heterocycles. The topological polar surface area (TPSA) is 92.9 Å². The van der Waals surface area contributed by atoms with Crippen molar-refractivity contribution in [2.75, 3.05) is 5.32 Å². The number of nitrogens with one attached hydrogen (secondary N) is 1. The molecule has 0 bridgehead atoms. The fourth-order valence-electron chi connectivity index (χ4n) is 4.65. The lowest BCUT2D eigenvalue weighted by Crippen LogP contribution is -2.39. The first kappa shape index (κ1) is 29.3. The van der Waals surface area contributed by atoms with E-state index in [2.05, 4.69) is 27.7 Å². The van der Waals surface area contributed by atoms with Crippen LogP contribution in [-0.4, -0.2) is 31.2 Å². The Morgan fingerprint density at radius 3 is 2.18 bits per heavy atom. The first-order valence-corrected chi connectivity index (χ1v) is 13.9. The lowest BCUT2D eigenvalue weighted by atomic mass is 9.93. The van der Waals surface area contributed by atoms with Crippen molar-refractivity contribution >= 4 is 11.6 Å². The number of aromatic nitrogens is 4. The van der Waals surface area contributed by atoms with Crippen LogP contribution in [0.25, 0.3) is 0 Å². The van der Waals surface area contributed by atoms with Gasteiger partial charge in [-0.15, -0.1) is 10.2 Å². The zero-order chi connectivity index (χ0) is 27.5. The van der Waals surface area contributed by atoms with Crippen molar-refractivity contribution in [3.63, 3.8) is 0 Å². The quantitative estimate of drug-likeness (QED) is 0.164. The summed E-state index contributed by atoms with van der Waals surface area (Å²) >= 11 is 0. The monoisotopic (exact) mass is 523 g/mol. The van der Waals surface area contributed by atoms with Crippen LogP contribution >= 0.6 is 0 Å². The van der Waals surface area contributed by atoms with Gasteiger partial charge in [-0.3, -0.25) is 4.79 Å². The normalized spacial score (nSPS) is 12.9. The van der Waals surface area contributed by atoms with Crippen LogP contribution in [0.3, 0.4) is 0 Å². The van der Waals surface area contributed by atoms with Gasteiger partial charge in [-0.25, -0.2) is 4.39 Å². The number of benzene rings is 2. The minimum atomic E-state index is -2.64. The number of unbranched alkanes of at least 4 members (excludes halogenated alkanes) is 9. The number of halogens is 1. The fraction of sp³-hybridized carbons (Fsp3) is 0.533. The second-order valence-corrected chi connectivity index (χ2v) is 10.2. The van der Waals surface area contributed by atoms with Gasteiger partial charge in [-0.05, 0) is 55.2 Å². The number of anilines is 1. The molecule has 7 nitrogen and oxygen atoms in total. The molecule has 0 saturated carbocycles. The summed E-state index contributed by atoms with van der Waals surface area (Å²) in [6.07, 6.45) is 12.1. The van der Waals surface area contributed by atoms with E-state index in [1.807, 2.05) is 0 Å². The van der Waals surface area contributed by atoms with Crippen molar-refractivity contribution in [3.8, 4) is 5.75 Å². The van der Waals surface area contributed by atoms with E-state index in [1.165, 1.54) is 49.7 Å². The Morgan fingerprint density at radius 1 is 0.947 bits per heavy atom. The lowest BCUT2D eigenvalue weighted by molar-refractivity contribution is -0.125. The van der Waals surface area contributed by atoms with Crippen LogP contribution in [0, 0.1) is 20.8 Å². The van der Waals surface area contributed by atoms with Gasteiger partial charge < -0.3 is 10.4 Å². The number of phenolic OH excluding ortho intramolecular Hbond substituents is 1. The number of alkyl halides is 1. The molecule has 1 atom stereocenters. The molecule has 38 heavy (non-hydrogen) atoms. The van der Waals surface area contributed by atoms with Gasteiger partial charge in [-0.1, -0.05) is 95.0 Å². The van der Waals surface area contributed by atoms with Crippen molar-refractivity contribution in [1.29, 1.82) is 0 Å². The molecule has 0 aliphatic carbocycles. The second kappa shape index (κ2) is 14.0. The van der Waals surface area contributed by atoms with E-state index >= 15 is 4.39 Å². The minimum absolute atomic E-state index is 0.126. The standard InChI is InChI=1S/C30H42FN5O2/c1-5-6-7-8-9-10-11-12-13-17-20-36-34-28(33-35-36)30(31,25-18-15-14-16-19-25)29(38)32-26-21-22(2)27(37)24(4)23(26)3/h14-16,18-19,21,37H,5-13,17,20H2,1-4H3,(H,32,38). The van der Waals surface area contributed by atoms with Gasteiger partial charge in [0.2, 0.25) is 5.82 Å². The Labute approximate surface area is 225 Å². The summed E-state index contributed by atoms with van der Waals surface area (Å²) in [5.74, 6) is -1.04. The molecule has 1 amide bonds. The third-order valence-corrected chi connectivity index (χ3v) is 7.26. The molecule has 2 aromatic carbocycles. The predicted octanol–water partition coefficient (Wildman–Crippen LogP) is 7.08. The Kier molecular flexibility index (Phi) is 10.8. The van der Waals surface area contributed by atoms with Gasteiger partial charge in [0, 0.05) is 11.3 Å². The highest BCUT2D eigenvalue weighted by molar-refractivity contribution is 6.00. The number of hydrogen-bond acceptors (Lipinski definition) is 5. The summed E-state index contributed by atoms with van der Waals surface area (Å²) in [4.78, 5) is 14.9. The van der Waals surface area contributed by atoms with Crippen LogP contribution in [0.2, 0.25) is 0 Å². The Morgan fingerprint density at radius 2 is 1.55 bits per heavy atom. The van der Waals surface area contributed by atoms with Crippen LogP contribution in [0.15, 0.2) is 36.4 Å². The zero-order valence-electron chi connectivity index (χ0n) is 23.3. The number of rotatable bonds is 15. The number of aromatic hydroxyl groups is 1. The number of amides is 1. The number of carbonyl (C=O) groups is 1. The van der Waals surface area contributed by atoms with Crippen LogP contribution in [-0.2, 0) is 17.0 Å². The van der Waals surface area contributed by atoms with Gasteiger partial charge in [0.15, 0.2) is 0 Å². The largest absolute Gasteiger partial charge is 0.507 e.